The van der Waals surface area contributed by atoms with Gasteiger partial charge in [0.2, 0.25) is 0 Å². The van der Waals surface area contributed by atoms with Crippen molar-refractivity contribution < 1.29 is 4.74 Å². The van der Waals surface area contributed by atoms with Crippen LogP contribution in [0.25, 0.3) is 0 Å². The first-order chi connectivity index (χ1) is 12.9. The first-order valence-corrected chi connectivity index (χ1v) is 10.0. The Balaban J connectivity index is 0.00000392. The van der Waals surface area contributed by atoms with Gasteiger partial charge in [0.1, 0.15) is 10.8 Å². The van der Waals surface area contributed by atoms with Crippen LogP contribution >= 0.6 is 35.3 Å². The van der Waals surface area contributed by atoms with Crippen LogP contribution in [0.1, 0.15) is 42.1 Å². The van der Waals surface area contributed by atoms with E-state index in [1.54, 1.807) is 25.5 Å². The number of nitrogens with zero attached hydrogens (tertiary/aromatic N) is 3. The van der Waals surface area contributed by atoms with Crippen molar-refractivity contribution in [2.75, 3.05) is 34.8 Å². The molecule has 8 heteroatoms. The van der Waals surface area contributed by atoms with Gasteiger partial charge in [-0.15, -0.1) is 35.3 Å². The van der Waals surface area contributed by atoms with Gasteiger partial charge < -0.3 is 20.3 Å². The second kappa shape index (κ2) is 12.2. The van der Waals surface area contributed by atoms with Gasteiger partial charge in [0, 0.05) is 19.0 Å². The number of rotatable bonds is 8. The van der Waals surface area contributed by atoms with Crippen molar-refractivity contribution in [1.82, 2.24) is 20.5 Å². The average molecular weight is 517 g/mol. The third kappa shape index (κ3) is 7.21. The number of hydrogen-bond acceptors (Lipinski definition) is 5. The maximum absolute atomic E-state index is 5.25. The van der Waals surface area contributed by atoms with Crippen LogP contribution in [0.5, 0.6) is 5.75 Å². The number of ether oxygens (including phenoxy) is 1. The lowest BCUT2D eigenvalue weighted by Crippen LogP contribution is -2.41. The van der Waals surface area contributed by atoms with E-state index in [9.17, 15) is 0 Å². The summed E-state index contributed by atoms with van der Waals surface area (Å²) in [5.41, 5.74) is 2.37. The van der Waals surface area contributed by atoms with Crippen molar-refractivity contribution in [3.05, 3.63) is 45.9 Å². The molecular formula is C20H32IN5OS. The van der Waals surface area contributed by atoms with Gasteiger partial charge in [0.05, 0.1) is 25.4 Å². The van der Waals surface area contributed by atoms with E-state index < -0.39 is 0 Å². The molecular weight excluding hydrogens is 485 g/mol. The second-order valence-corrected chi connectivity index (χ2v) is 7.82. The Bertz CT molecular complexity index is 730. The van der Waals surface area contributed by atoms with Crippen molar-refractivity contribution in [3.8, 4) is 5.75 Å². The highest BCUT2D eigenvalue weighted by Crippen LogP contribution is 2.21. The minimum atomic E-state index is 0. The van der Waals surface area contributed by atoms with Crippen LogP contribution in [0.2, 0.25) is 0 Å². The van der Waals surface area contributed by atoms with E-state index in [1.807, 2.05) is 12.1 Å². The molecule has 28 heavy (non-hydrogen) atoms. The molecule has 0 saturated heterocycles. The lowest BCUT2D eigenvalue weighted by molar-refractivity contribution is 0.298. The Morgan fingerprint density at radius 3 is 2.39 bits per heavy atom. The van der Waals surface area contributed by atoms with E-state index in [1.165, 1.54) is 5.56 Å². The molecule has 1 atom stereocenters. The number of aromatic nitrogens is 1. The predicted octanol–water partition coefficient (Wildman–Crippen LogP) is 3.86. The fraction of sp³-hybridized carbons (Fsp3) is 0.500. The zero-order valence-corrected chi connectivity index (χ0v) is 20.7. The fourth-order valence-corrected chi connectivity index (χ4v) is 3.56. The van der Waals surface area contributed by atoms with Crippen molar-refractivity contribution >= 4 is 41.3 Å². The SMILES string of the molecule is CN=C(NCc1nc(C(C)C)cs1)NCC(c1ccc(OC)cc1)N(C)C.I. The monoisotopic (exact) mass is 517 g/mol. The maximum Gasteiger partial charge on any atom is 0.191 e. The summed E-state index contributed by atoms with van der Waals surface area (Å²) in [6, 6.07) is 8.41. The molecule has 0 radical (unpaired) electrons. The molecule has 0 aliphatic rings. The van der Waals surface area contributed by atoms with Crippen LogP contribution in [-0.4, -0.2) is 50.6 Å². The third-order valence-electron chi connectivity index (χ3n) is 4.38. The van der Waals surface area contributed by atoms with E-state index in [-0.39, 0.29) is 30.0 Å². The number of nitrogens with one attached hydrogen (secondary N) is 2. The molecule has 0 aliphatic carbocycles. The summed E-state index contributed by atoms with van der Waals surface area (Å²) >= 11 is 1.68. The van der Waals surface area contributed by atoms with E-state index in [2.05, 4.69) is 71.0 Å². The van der Waals surface area contributed by atoms with Crippen LogP contribution < -0.4 is 15.4 Å². The second-order valence-electron chi connectivity index (χ2n) is 6.88. The molecule has 0 saturated carbocycles. The van der Waals surface area contributed by atoms with Gasteiger partial charge in [0.25, 0.3) is 0 Å². The van der Waals surface area contributed by atoms with Crippen LogP contribution in [0.15, 0.2) is 34.6 Å². The Hall–Kier alpha value is -1.39. The Labute approximate surface area is 189 Å². The molecule has 1 aromatic carbocycles. The molecule has 2 rings (SSSR count). The summed E-state index contributed by atoms with van der Waals surface area (Å²) in [4.78, 5) is 11.2. The normalized spacial score (nSPS) is 12.6. The average Bonchev–Trinajstić information content (AvgIpc) is 3.14. The molecule has 2 N–H and O–H groups in total. The molecule has 0 aliphatic heterocycles. The van der Waals surface area contributed by atoms with Gasteiger partial charge >= 0.3 is 0 Å². The standard InChI is InChI=1S/C20H31N5OS.HI/c1-14(2)17-13-27-19(24-17)12-23-20(21-3)22-11-18(25(4)5)15-7-9-16(26-6)10-8-15;/h7-10,13-14,18H,11-12H2,1-6H3,(H2,21,22,23);1H. The molecule has 0 spiro atoms. The van der Waals surface area contributed by atoms with Gasteiger partial charge in [-0.25, -0.2) is 4.98 Å². The first kappa shape index (κ1) is 24.6. The molecule has 1 heterocycles. The number of likely N-dealkylation sites (N-methyl/N-ethyl adjacent to an activating group) is 1. The van der Waals surface area contributed by atoms with Gasteiger partial charge in [-0.3, -0.25) is 4.99 Å². The maximum atomic E-state index is 5.25. The molecule has 0 fully saturated rings. The van der Waals surface area contributed by atoms with Gasteiger partial charge in [-0.1, -0.05) is 26.0 Å². The first-order valence-electron chi connectivity index (χ1n) is 9.13. The highest BCUT2D eigenvalue weighted by molar-refractivity contribution is 14.0. The van der Waals surface area contributed by atoms with Crippen molar-refractivity contribution in [2.45, 2.75) is 32.4 Å². The summed E-state index contributed by atoms with van der Waals surface area (Å²) in [6.07, 6.45) is 0. The number of thiazole rings is 1. The minimum absolute atomic E-state index is 0. The molecule has 2 aromatic rings. The minimum Gasteiger partial charge on any atom is -0.497 e. The van der Waals surface area contributed by atoms with Crippen LogP contribution in [0, 0.1) is 0 Å². The number of hydrogen-bond donors (Lipinski definition) is 2. The van der Waals surface area contributed by atoms with Crippen molar-refractivity contribution in [2.24, 2.45) is 4.99 Å². The predicted molar refractivity (Wildman–Crippen MR) is 129 cm³/mol. The number of benzene rings is 1. The molecule has 6 nitrogen and oxygen atoms in total. The summed E-state index contributed by atoms with van der Waals surface area (Å²) in [5.74, 6) is 2.10. The molecule has 1 aromatic heterocycles. The zero-order valence-electron chi connectivity index (χ0n) is 17.5. The van der Waals surface area contributed by atoms with Crippen molar-refractivity contribution in [1.29, 1.82) is 0 Å². The van der Waals surface area contributed by atoms with Gasteiger partial charge in [-0.05, 0) is 37.7 Å². The molecule has 156 valence electrons. The molecule has 1 unspecified atom stereocenters. The van der Waals surface area contributed by atoms with Crippen LogP contribution in [0.4, 0.5) is 0 Å². The topological polar surface area (TPSA) is 61.8 Å². The van der Waals surface area contributed by atoms with Crippen LogP contribution in [0.3, 0.4) is 0 Å². The highest BCUT2D eigenvalue weighted by atomic mass is 127. The van der Waals surface area contributed by atoms with Crippen molar-refractivity contribution in [3.63, 3.8) is 0 Å². The summed E-state index contributed by atoms with van der Waals surface area (Å²) in [6.45, 7) is 5.74. The summed E-state index contributed by atoms with van der Waals surface area (Å²) < 4.78 is 5.25. The fourth-order valence-electron chi connectivity index (χ4n) is 2.67. The van der Waals surface area contributed by atoms with E-state index in [0.717, 1.165) is 29.0 Å². The van der Waals surface area contributed by atoms with E-state index >= 15 is 0 Å². The van der Waals surface area contributed by atoms with E-state index in [0.29, 0.717) is 12.5 Å². The van der Waals surface area contributed by atoms with Gasteiger partial charge in [-0.2, -0.15) is 0 Å². The number of guanidine groups is 1. The summed E-state index contributed by atoms with van der Waals surface area (Å²) in [7, 11) is 7.63. The highest BCUT2D eigenvalue weighted by Gasteiger charge is 2.15. The third-order valence-corrected chi connectivity index (χ3v) is 5.25. The largest absolute Gasteiger partial charge is 0.497 e. The molecule has 0 amide bonds. The number of halogens is 1. The van der Waals surface area contributed by atoms with E-state index in [4.69, 9.17) is 4.74 Å². The quantitative estimate of drug-likeness (QED) is 0.317. The number of methoxy groups -OCH3 is 1. The Morgan fingerprint density at radius 1 is 1.21 bits per heavy atom. The lowest BCUT2D eigenvalue weighted by atomic mass is 10.1. The smallest absolute Gasteiger partial charge is 0.191 e. The lowest BCUT2D eigenvalue weighted by Gasteiger charge is -2.26. The number of aliphatic imine (C=N–C) groups is 1. The summed E-state index contributed by atoms with van der Waals surface area (Å²) in [5, 5.41) is 9.97. The molecule has 0 bridgehead atoms. The Kier molecular flexibility index (Phi) is 10.8. The zero-order chi connectivity index (χ0) is 19.8. The van der Waals surface area contributed by atoms with Gasteiger partial charge in [0.15, 0.2) is 5.96 Å². The van der Waals surface area contributed by atoms with Crippen LogP contribution in [-0.2, 0) is 6.54 Å². The Morgan fingerprint density at radius 2 is 1.89 bits per heavy atom.